The van der Waals surface area contributed by atoms with Crippen molar-refractivity contribution in [2.45, 2.75) is 0 Å². The zero-order valence-corrected chi connectivity index (χ0v) is 10.4. The average Bonchev–Trinajstić information content (AvgIpc) is 1.30. The molecule has 0 aromatic heterocycles. The van der Waals surface area contributed by atoms with Crippen LogP contribution in [0.2, 0.25) is 0 Å². The van der Waals surface area contributed by atoms with E-state index >= 15 is 0 Å². The molecule has 0 aliphatic carbocycles. The summed E-state index contributed by atoms with van der Waals surface area (Å²) in [5.41, 5.74) is -2.29. The Kier molecular flexibility index (Phi) is 4.23. The van der Waals surface area contributed by atoms with Crippen molar-refractivity contribution in [1.29, 1.82) is 0 Å². The molecule has 0 rings (SSSR count). The lowest BCUT2D eigenvalue weighted by Gasteiger charge is -2.02. The van der Waals surface area contributed by atoms with Gasteiger partial charge in [0.15, 0.2) is 9.28 Å². The molecule has 0 unspecified atom stereocenters. The van der Waals surface area contributed by atoms with Crippen molar-refractivity contribution < 1.29 is 4.12 Å². The van der Waals surface area contributed by atoms with Crippen LogP contribution in [0, 0.1) is 0 Å². The highest BCUT2D eigenvalue weighted by Gasteiger charge is 2.24. The van der Waals surface area contributed by atoms with Crippen molar-refractivity contribution >= 4 is 58.5 Å². The Morgan fingerprint density at radius 3 is 1.86 bits per heavy atom. The fourth-order valence-electron chi connectivity index (χ4n) is 0.164. The Balaban J connectivity index is 3.15. The lowest BCUT2D eigenvalue weighted by atomic mass is 15.8. The first-order chi connectivity index (χ1) is 3.06. The number of halogens is 3. The van der Waals surface area contributed by atoms with Gasteiger partial charge in [0.25, 0.3) is 0 Å². The van der Waals surface area contributed by atoms with Crippen LogP contribution < -0.4 is 0 Å². The van der Waals surface area contributed by atoms with Crippen molar-refractivity contribution in [1.82, 2.24) is 0 Å². The highest BCUT2D eigenvalue weighted by Crippen LogP contribution is 2.16. The summed E-state index contributed by atoms with van der Waals surface area (Å²) in [5.74, 6) is 0. The summed E-state index contributed by atoms with van der Waals surface area (Å²) >= 11 is 16.4. The average molecular weight is 212 g/mol. The Bertz CT molecular complexity index is 48.6. The van der Waals surface area contributed by atoms with Crippen LogP contribution in [0.1, 0.15) is 0 Å². The molecular formula is H5Cl3OSi3. The second-order valence-corrected chi connectivity index (χ2v) is 20.5. The fraction of sp³-hybridized carbons (Fsp3) is 0. The van der Waals surface area contributed by atoms with Gasteiger partial charge in [-0.15, -0.1) is 33.2 Å². The van der Waals surface area contributed by atoms with Crippen LogP contribution in [0.3, 0.4) is 0 Å². The van der Waals surface area contributed by atoms with Gasteiger partial charge in [-0.3, -0.25) is 0 Å². The number of rotatable bonds is 2. The summed E-state index contributed by atoms with van der Waals surface area (Å²) in [6.07, 6.45) is 0. The second-order valence-electron chi connectivity index (χ2n) is 1.05. The maximum atomic E-state index is 5.46. The molecule has 0 aromatic carbocycles. The lowest BCUT2D eigenvalue weighted by Crippen LogP contribution is -2.22. The second kappa shape index (κ2) is 3.50. The molecule has 44 valence electrons. The normalized spacial score (nSPS) is 14.1. The third kappa shape index (κ3) is 7.48. The van der Waals surface area contributed by atoms with Gasteiger partial charge in [-0.1, -0.05) is 0 Å². The number of hydrogen-bond donors (Lipinski definition) is 0. The minimum Gasteiger partial charge on any atom is -0.467 e. The van der Waals surface area contributed by atoms with Gasteiger partial charge in [0.2, 0.25) is 0 Å². The maximum Gasteiger partial charge on any atom is 0.346 e. The van der Waals surface area contributed by atoms with Gasteiger partial charge in [-0.25, -0.2) is 0 Å². The summed E-state index contributed by atoms with van der Waals surface area (Å²) < 4.78 is 4.85. The van der Waals surface area contributed by atoms with Gasteiger partial charge in [0.05, 0.1) is 0 Å². The molecule has 0 aliphatic rings. The monoisotopic (exact) mass is 210 g/mol. The minimum absolute atomic E-state index is 0.713. The van der Waals surface area contributed by atoms with Crippen LogP contribution in [0.25, 0.3) is 0 Å². The van der Waals surface area contributed by atoms with Crippen molar-refractivity contribution in [3.8, 4) is 0 Å². The van der Waals surface area contributed by atoms with Gasteiger partial charge in [0.1, 0.15) is 10.5 Å². The molecule has 7 heavy (non-hydrogen) atoms. The van der Waals surface area contributed by atoms with Crippen molar-refractivity contribution in [3.05, 3.63) is 0 Å². The molecule has 0 saturated carbocycles. The van der Waals surface area contributed by atoms with Crippen LogP contribution in [-0.4, -0.2) is 25.3 Å². The van der Waals surface area contributed by atoms with E-state index in [9.17, 15) is 0 Å². The zero-order chi connectivity index (χ0) is 5.91. The first-order valence-corrected chi connectivity index (χ1v) is 10.4. The van der Waals surface area contributed by atoms with Crippen molar-refractivity contribution in [2.75, 3.05) is 0 Å². The first kappa shape index (κ1) is 8.48. The zero-order valence-electron chi connectivity index (χ0n) is 3.75. The standard InChI is InChI=1S/Cl3H5OSi3/c1-7(2,3)6-4-5/h6H2,5H3. The molecule has 0 saturated heterocycles. The van der Waals surface area contributed by atoms with Crippen LogP contribution >= 0.6 is 33.2 Å². The van der Waals surface area contributed by atoms with Crippen LogP contribution in [0.4, 0.5) is 0 Å². The van der Waals surface area contributed by atoms with E-state index in [4.69, 9.17) is 37.4 Å². The molecule has 0 radical (unpaired) electrons. The van der Waals surface area contributed by atoms with E-state index in [0.29, 0.717) is 10.5 Å². The summed E-state index contributed by atoms with van der Waals surface area (Å²) in [6, 6.07) is 0. The lowest BCUT2D eigenvalue weighted by molar-refractivity contribution is 0.682. The summed E-state index contributed by atoms with van der Waals surface area (Å²) in [4.78, 5) is 0. The maximum absolute atomic E-state index is 5.46. The van der Waals surface area contributed by atoms with Gasteiger partial charge in [-0.2, -0.15) is 0 Å². The van der Waals surface area contributed by atoms with E-state index < -0.39 is 14.8 Å². The van der Waals surface area contributed by atoms with Crippen LogP contribution in [0.5, 0.6) is 0 Å². The van der Waals surface area contributed by atoms with Crippen molar-refractivity contribution in [3.63, 3.8) is 0 Å². The van der Waals surface area contributed by atoms with Crippen LogP contribution in [-0.2, 0) is 4.12 Å². The quantitative estimate of drug-likeness (QED) is 0.443. The topological polar surface area (TPSA) is 9.23 Å². The summed E-state index contributed by atoms with van der Waals surface area (Å²) in [7, 11) is -0.0301. The van der Waals surface area contributed by atoms with E-state index in [0.717, 1.165) is 0 Å². The van der Waals surface area contributed by atoms with Gasteiger partial charge < -0.3 is 4.12 Å². The smallest absolute Gasteiger partial charge is 0.346 e. The van der Waals surface area contributed by atoms with E-state index in [1.54, 1.807) is 0 Å². The third-order valence-electron chi connectivity index (χ3n) is 0.308. The first-order valence-electron chi connectivity index (χ1n) is 1.62. The fourth-order valence-corrected chi connectivity index (χ4v) is 13.3. The SMILES string of the molecule is [SiH3]O[SiH2][Si](Cl)(Cl)Cl. The minimum atomic E-state index is -2.29. The molecule has 0 aliphatic heterocycles. The molecule has 0 atom stereocenters. The Morgan fingerprint density at radius 2 is 1.86 bits per heavy atom. The highest BCUT2D eigenvalue weighted by molar-refractivity contribution is 7.81. The molecule has 0 heterocycles. The molecule has 1 nitrogen and oxygen atoms in total. The summed E-state index contributed by atoms with van der Waals surface area (Å²) in [6.45, 7) is 0. The van der Waals surface area contributed by atoms with Gasteiger partial charge in [-0.05, 0) is 0 Å². The molecule has 7 heteroatoms. The Morgan fingerprint density at radius 1 is 1.43 bits per heavy atom. The Labute approximate surface area is 62.7 Å². The molecular weight excluding hydrogens is 207 g/mol. The van der Waals surface area contributed by atoms with Gasteiger partial charge >= 0.3 is 5.52 Å². The Hall–Kier alpha value is 1.48. The van der Waals surface area contributed by atoms with Crippen molar-refractivity contribution in [2.24, 2.45) is 0 Å². The van der Waals surface area contributed by atoms with E-state index in [2.05, 4.69) is 0 Å². The highest BCUT2D eigenvalue weighted by atomic mass is 35.8. The molecule has 0 bridgehead atoms. The molecule has 0 N–H and O–H groups in total. The number of hydrogen-bond acceptors (Lipinski definition) is 1. The predicted molar refractivity (Wildman–Crippen MR) is 42.9 cm³/mol. The largest absolute Gasteiger partial charge is 0.467 e. The molecule has 0 spiro atoms. The van der Waals surface area contributed by atoms with Gasteiger partial charge in [0, 0.05) is 0 Å². The van der Waals surface area contributed by atoms with E-state index in [1.807, 2.05) is 0 Å². The molecule has 0 amide bonds. The van der Waals surface area contributed by atoms with E-state index in [1.165, 1.54) is 0 Å². The predicted octanol–water partition coefficient (Wildman–Crippen LogP) is -0.481. The van der Waals surface area contributed by atoms with E-state index in [-0.39, 0.29) is 0 Å². The third-order valence-corrected chi connectivity index (χ3v) is 8.32. The summed E-state index contributed by atoms with van der Waals surface area (Å²) in [5, 5.41) is 0. The van der Waals surface area contributed by atoms with Crippen LogP contribution in [0.15, 0.2) is 0 Å². The molecule has 0 fully saturated rings. The molecule has 0 aromatic rings.